The van der Waals surface area contributed by atoms with Gasteiger partial charge in [0.05, 0.1) is 22.5 Å². The molecule has 3 N–H and O–H groups in total. The molecule has 6 heteroatoms. The van der Waals surface area contributed by atoms with Gasteiger partial charge in [0.15, 0.2) is 0 Å². The molecule has 6 nitrogen and oxygen atoms in total. The monoisotopic (exact) mass is 484 g/mol. The highest BCUT2D eigenvalue weighted by Crippen LogP contribution is 2.34. The van der Waals surface area contributed by atoms with Gasteiger partial charge in [-0.2, -0.15) is 0 Å². The Labute approximate surface area is 212 Å². The lowest BCUT2D eigenvalue weighted by Crippen LogP contribution is -2.29. The molecule has 1 aliphatic heterocycles. The van der Waals surface area contributed by atoms with Gasteiger partial charge in [0.25, 0.3) is 0 Å². The summed E-state index contributed by atoms with van der Waals surface area (Å²) in [5, 5.41) is 9.10. The van der Waals surface area contributed by atoms with Crippen LogP contribution in [0.25, 0.3) is 33.2 Å². The molecule has 1 unspecified atom stereocenters. The van der Waals surface area contributed by atoms with Gasteiger partial charge in [-0.15, -0.1) is 0 Å². The zero-order valence-corrected chi connectivity index (χ0v) is 21.5. The van der Waals surface area contributed by atoms with Crippen LogP contribution in [0.15, 0.2) is 54.6 Å². The third kappa shape index (κ3) is 5.39. The summed E-state index contributed by atoms with van der Waals surface area (Å²) in [6, 6.07) is 18.1. The number of hydrogen-bond acceptors (Lipinski definition) is 5. The Morgan fingerprint density at radius 3 is 2.67 bits per heavy atom. The first-order valence-corrected chi connectivity index (χ1v) is 13.1. The minimum absolute atomic E-state index is 0.347. The number of esters is 1. The normalized spacial score (nSPS) is 16.4. The fourth-order valence-corrected chi connectivity index (χ4v) is 5.11. The Morgan fingerprint density at radius 1 is 1.11 bits per heavy atom. The molecule has 188 valence electrons. The van der Waals surface area contributed by atoms with Crippen molar-refractivity contribution in [3.8, 4) is 11.4 Å². The Hall–Kier alpha value is -3.38. The molecule has 1 aliphatic rings. The number of carbonyl (C=O) groups excluding carboxylic acids is 1. The van der Waals surface area contributed by atoms with E-state index in [2.05, 4.69) is 27.8 Å². The number of aromatic nitrogens is 2. The van der Waals surface area contributed by atoms with E-state index in [0.717, 1.165) is 65.2 Å². The second-order valence-corrected chi connectivity index (χ2v) is 10.8. The van der Waals surface area contributed by atoms with Crippen LogP contribution in [0, 0.1) is 5.92 Å². The van der Waals surface area contributed by atoms with Gasteiger partial charge in [0.1, 0.15) is 5.60 Å². The number of pyridine rings is 1. The number of H-pyrrole nitrogens is 1. The van der Waals surface area contributed by atoms with Crippen LogP contribution in [0.4, 0.5) is 5.69 Å². The number of nitrogens with one attached hydrogen (secondary N) is 3. The van der Waals surface area contributed by atoms with Crippen molar-refractivity contribution in [1.29, 1.82) is 0 Å². The average Bonchev–Trinajstić information content (AvgIpc) is 3.26. The molecule has 0 amide bonds. The summed E-state index contributed by atoms with van der Waals surface area (Å²) in [5.41, 5.74) is 4.16. The van der Waals surface area contributed by atoms with Crippen molar-refractivity contribution in [2.45, 2.75) is 52.1 Å². The number of ether oxygens (including phenoxy) is 1. The molecule has 2 aromatic heterocycles. The van der Waals surface area contributed by atoms with Crippen LogP contribution >= 0.6 is 0 Å². The third-order valence-corrected chi connectivity index (χ3v) is 6.78. The van der Waals surface area contributed by atoms with Gasteiger partial charge in [-0.05, 0) is 83.7 Å². The molecular formula is C30H36N4O2. The number of benzene rings is 2. The van der Waals surface area contributed by atoms with E-state index in [9.17, 15) is 4.79 Å². The molecule has 1 fully saturated rings. The van der Waals surface area contributed by atoms with E-state index in [-0.39, 0.29) is 5.97 Å². The van der Waals surface area contributed by atoms with Crippen molar-refractivity contribution in [3.05, 3.63) is 60.2 Å². The zero-order chi connectivity index (χ0) is 25.1. The maximum Gasteiger partial charge on any atom is 0.341 e. The summed E-state index contributed by atoms with van der Waals surface area (Å²) >= 11 is 0. The van der Waals surface area contributed by atoms with Crippen LogP contribution in [0.3, 0.4) is 0 Å². The highest BCUT2D eigenvalue weighted by Gasteiger charge is 2.26. The van der Waals surface area contributed by atoms with E-state index in [0.29, 0.717) is 11.3 Å². The van der Waals surface area contributed by atoms with Crippen molar-refractivity contribution in [2.75, 3.05) is 25.0 Å². The molecule has 1 saturated heterocycles. The largest absolute Gasteiger partial charge is 0.456 e. The van der Waals surface area contributed by atoms with Gasteiger partial charge in [-0.25, -0.2) is 9.78 Å². The van der Waals surface area contributed by atoms with Crippen LogP contribution in [0.5, 0.6) is 0 Å². The van der Waals surface area contributed by atoms with Gasteiger partial charge in [0.2, 0.25) is 0 Å². The number of fused-ring (bicyclic) bond motifs is 2. The maximum absolute atomic E-state index is 13.3. The second kappa shape index (κ2) is 10.3. The predicted octanol–water partition coefficient (Wildman–Crippen LogP) is 6.53. The Kier molecular flexibility index (Phi) is 6.97. The van der Waals surface area contributed by atoms with Gasteiger partial charge in [-0.3, -0.25) is 0 Å². The van der Waals surface area contributed by atoms with Crippen molar-refractivity contribution in [3.63, 3.8) is 0 Å². The fraction of sp³-hybridized carbons (Fsp3) is 0.400. The topological polar surface area (TPSA) is 79.0 Å². The van der Waals surface area contributed by atoms with Crippen molar-refractivity contribution >= 4 is 33.5 Å². The standard InChI is InChI=1S/C30H36N4O2/c1-30(2,3)36-29(35)27-22-13-5-7-15-24(22)34-28(27)26-18-25(21-12-4-6-14-23(21)33-26)32-17-9-11-20-10-8-16-31-19-20/h4-7,12-15,18,20,31,34H,8-11,16-17,19H2,1-3H3,(H,32,33). The quantitative estimate of drug-likeness (QED) is 0.205. The molecule has 0 aliphatic carbocycles. The molecule has 1 atom stereocenters. The molecule has 4 aromatic rings. The highest BCUT2D eigenvalue weighted by molar-refractivity contribution is 6.10. The minimum Gasteiger partial charge on any atom is -0.456 e. The Balaban J connectivity index is 1.49. The number of nitrogens with zero attached hydrogens (tertiary/aromatic N) is 1. The number of aromatic amines is 1. The van der Waals surface area contributed by atoms with Gasteiger partial charge in [-0.1, -0.05) is 36.4 Å². The number of anilines is 1. The average molecular weight is 485 g/mol. The summed E-state index contributed by atoms with van der Waals surface area (Å²) in [6.45, 7) is 8.85. The lowest BCUT2D eigenvalue weighted by atomic mass is 9.95. The molecule has 36 heavy (non-hydrogen) atoms. The van der Waals surface area contributed by atoms with Crippen LogP contribution in [-0.4, -0.2) is 41.2 Å². The van der Waals surface area contributed by atoms with Crippen molar-refractivity contribution in [2.24, 2.45) is 5.92 Å². The van der Waals surface area contributed by atoms with Crippen molar-refractivity contribution in [1.82, 2.24) is 15.3 Å². The van der Waals surface area contributed by atoms with Crippen LogP contribution in [0.1, 0.15) is 56.8 Å². The number of piperidine rings is 1. The van der Waals surface area contributed by atoms with Gasteiger partial charge < -0.3 is 20.4 Å². The summed E-state index contributed by atoms with van der Waals surface area (Å²) in [7, 11) is 0. The van der Waals surface area contributed by atoms with E-state index in [1.807, 2.05) is 63.2 Å². The summed E-state index contributed by atoms with van der Waals surface area (Å²) in [5.74, 6) is 0.425. The first kappa shape index (κ1) is 24.3. The first-order chi connectivity index (χ1) is 17.4. The fourth-order valence-electron chi connectivity index (χ4n) is 5.11. The molecule has 0 saturated carbocycles. The second-order valence-electron chi connectivity index (χ2n) is 10.8. The van der Waals surface area contributed by atoms with E-state index in [1.54, 1.807) is 0 Å². The molecule has 0 bridgehead atoms. The zero-order valence-electron chi connectivity index (χ0n) is 21.5. The van der Waals surface area contributed by atoms with Crippen LogP contribution in [-0.2, 0) is 4.74 Å². The van der Waals surface area contributed by atoms with Gasteiger partial charge in [0, 0.05) is 28.5 Å². The maximum atomic E-state index is 13.3. The lowest BCUT2D eigenvalue weighted by Gasteiger charge is -2.22. The van der Waals surface area contributed by atoms with Gasteiger partial charge >= 0.3 is 5.97 Å². The Bertz CT molecular complexity index is 1360. The molecule has 0 spiro atoms. The van der Waals surface area contributed by atoms with E-state index >= 15 is 0 Å². The van der Waals surface area contributed by atoms with Crippen LogP contribution < -0.4 is 10.6 Å². The first-order valence-electron chi connectivity index (χ1n) is 13.1. The minimum atomic E-state index is -0.593. The SMILES string of the molecule is CC(C)(C)OC(=O)c1c(-c2cc(NCCCC3CCCNC3)c3ccccc3n2)[nH]c2ccccc12. The molecule has 5 rings (SSSR count). The molecular weight excluding hydrogens is 448 g/mol. The summed E-state index contributed by atoms with van der Waals surface area (Å²) < 4.78 is 5.80. The summed E-state index contributed by atoms with van der Waals surface area (Å²) in [6.07, 6.45) is 4.94. The number of para-hydroxylation sites is 2. The van der Waals surface area contributed by atoms with Crippen LogP contribution in [0.2, 0.25) is 0 Å². The number of rotatable bonds is 7. The number of hydrogen-bond donors (Lipinski definition) is 3. The van der Waals surface area contributed by atoms with E-state index < -0.39 is 5.60 Å². The smallest absolute Gasteiger partial charge is 0.341 e. The molecule has 2 aromatic carbocycles. The Morgan fingerprint density at radius 2 is 1.89 bits per heavy atom. The number of carbonyl (C=O) groups is 1. The molecule has 3 heterocycles. The third-order valence-electron chi connectivity index (χ3n) is 6.78. The van der Waals surface area contributed by atoms with E-state index in [1.165, 1.54) is 19.3 Å². The van der Waals surface area contributed by atoms with E-state index in [4.69, 9.17) is 9.72 Å². The molecule has 0 radical (unpaired) electrons. The van der Waals surface area contributed by atoms with Crippen molar-refractivity contribution < 1.29 is 9.53 Å². The predicted molar refractivity (Wildman–Crippen MR) is 148 cm³/mol. The lowest BCUT2D eigenvalue weighted by molar-refractivity contribution is 0.00727. The highest BCUT2D eigenvalue weighted by atomic mass is 16.6. The summed E-state index contributed by atoms with van der Waals surface area (Å²) in [4.78, 5) is 21.8.